The first kappa shape index (κ1) is 21.0. The standard InChI is InChI=1S/C18H28N6O5/c19-15(20)14(16(28)22-8-10-2-1-5-21-7-10)18(6-13(26)27)17(29)24(11-3-4-11)9-12(25)23-18/h10-11,14,21H,1-9H2,(H3,19,20)(H,22,28)(H,23,25)(H,26,27)/t10?,14-,18-/m0/s1. The Hall–Kier alpha value is -2.69. The molecule has 160 valence electrons. The maximum atomic E-state index is 13.3. The number of carbonyl (C=O) groups excluding carboxylic acids is 3. The van der Waals surface area contributed by atoms with Gasteiger partial charge in [0.2, 0.25) is 11.8 Å². The third-order valence-corrected chi connectivity index (χ3v) is 5.77. The first-order valence-corrected chi connectivity index (χ1v) is 9.91. The molecule has 3 rings (SSSR count). The molecule has 3 amide bonds. The quantitative estimate of drug-likeness (QED) is 0.198. The Morgan fingerprint density at radius 2 is 2.07 bits per heavy atom. The molecule has 2 saturated heterocycles. The number of hydrogen-bond acceptors (Lipinski definition) is 6. The lowest BCUT2D eigenvalue weighted by Gasteiger charge is -2.44. The van der Waals surface area contributed by atoms with Crippen molar-refractivity contribution in [1.29, 1.82) is 5.41 Å². The van der Waals surface area contributed by atoms with E-state index in [1.807, 2.05) is 0 Å². The molecular formula is C18H28N6O5. The summed E-state index contributed by atoms with van der Waals surface area (Å²) in [4.78, 5) is 51.5. The molecule has 1 saturated carbocycles. The Balaban J connectivity index is 1.87. The van der Waals surface area contributed by atoms with E-state index in [1.165, 1.54) is 4.90 Å². The van der Waals surface area contributed by atoms with E-state index in [1.54, 1.807) is 0 Å². The first-order valence-electron chi connectivity index (χ1n) is 9.91. The monoisotopic (exact) mass is 408 g/mol. The number of piperazine rings is 1. The van der Waals surface area contributed by atoms with E-state index in [4.69, 9.17) is 11.1 Å². The highest BCUT2D eigenvalue weighted by molar-refractivity contribution is 6.12. The van der Waals surface area contributed by atoms with Gasteiger partial charge < -0.3 is 31.7 Å². The fraction of sp³-hybridized carbons (Fsp3) is 0.722. The van der Waals surface area contributed by atoms with Crippen molar-refractivity contribution in [1.82, 2.24) is 20.9 Å². The molecule has 1 aliphatic carbocycles. The number of rotatable bonds is 8. The summed E-state index contributed by atoms with van der Waals surface area (Å²) in [5, 5.41) is 25.8. The molecule has 0 aromatic heterocycles. The largest absolute Gasteiger partial charge is 0.481 e. The molecule has 0 radical (unpaired) electrons. The predicted octanol–water partition coefficient (Wildman–Crippen LogP) is -2.01. The van der Waals surface area contributed by atoms with E-state index >= 15 is 0 Å². The summed E-state index contributed by atoms with van der Waals surface area (Å²) in [6.07, 6.45) is 2.50. The number of nitrogens with zero attached hydrogens (tertiary/aromatic N) is 1. The van der Waals surface area contributed by atoms with Crippen LogP contribution in [0.1, 0.15) is 32.1 Å². The zero-order valence-corrected chi connectivity index (χ0v) is 16.2. The lowest BCUT2D eigenvalue weighted by Crippen LogP contribution is -2.74. The van der Waals surface area contributed by atoms with E-state index in [0.717, 1.165) is 25.9 Å². The van der Waals surface area contributed by atoms with Crippen LogP contribution in [0.5, 0.6) is 0 Å². The van der Waals surface area contributed by atoms with Crippen molar-refractivity contribution < 1.29 is 24.3 Å². The predicted molar refractivity (Wildman–Crippen MR) is 102 cm³/mol. The van der Waals surface area contributed by atoms with Crippen molar-refractivity contribution in [2.75, 3.05) is 26.2 Å². The molecule has 1 unspecified atom stereocenters. The molecule has 11 nitrogen and oxygen atoms in total. The van der Waals surface area contributed by atoms with Crippen LogP contribution in [-0.4, -0.2) is 77.3 Å². The molecule has 3 atom stereocenters. The van der Waals surface area contributed by atoms with E-state index in [2.05, 4.69) is 16.0 Å². The van der Waals surface area contributed by atoms with Crippen molar-refractivity contribution in [3.8, 4) is 0 Å². The molecular weight excluding hydrogens is 380 g/mol. The number of piperidine rings is 1. The summed E-state index contributed by atoms with van der Waals surface area (Å²) < 4.78 is 0. The topological polar surface area (TPSA) is 178 Å². The van der Waals surface area contributed by atoms with Crippen molar-refractivity contribution in [3.05, 3.63) is 0 Å². The molecule has 29 heavy (non-hydrogen) atoms. The fourth-order valence-electron chi connectivity index (χ4n) is 4.24. The van der Waals surface area contributed by atoms with Crippen molar-refractivity contribution in [2.24, 2.45) is 17.6 Å². The number of amides is 3. The average molecular weight is 408 g/mol. The zero-order chi connectivity index (χ0) is 21.2. The van der Waals surface area contributed by atoms with Gasteiger partial charge in [-0.1, -0.05) is 0 Å². The summed E-state index contributed by atoms with van der Waals surface area (Å²) >= 11 is 0. The van der Waals surface area contributed by atoms with Crippen LogP contribution in [-0.2, 0) is 19.2 Å². The van der Waals surface area contributed by atoms with Crippen LogP contribution in [0.15, 0.2) is 0 Å². The van der Waals surface area contributed by atoms with Crippen molar-refractivity contribution in [2.45, 2.75) is 43.7 Å². The number of amidine groups is 1. The van der Waals surface area contributed by atoms with Crippen LogP contribution in [0.3, 0.4) is 0 Å². The number of hydrogen-bond donors (Lipinski definition) is 6. The summed E-state index contributed by atoms with van der Waals surface area (Å²) in [5.74, 6) is -5.40. The van der Waals surface area contributed by atoms with Gasteiger partial charge in [-0.05, 0) is 44.7 Å². The Kier molecular flexibility index (Phi) is 6.06. The molecule has 7 N–H and O–H groups in total. The van der Waals surface area contributed by atoms with Crippen molar-refractivity contribution in [3.63, 3.8) is 0 Å². The molecule has 3 aliphatic rings. The molecule has 2 aliphatic heterocycles. The normalized spacial score (nSPS) is 28.4. The van der Waals surface area contributed by atoms with E-state index < -0.39 is 47.4 Å². The molecule has 2 heterocycles. The van der Waals surface area contributed by atoms with Gasteiger partial charge in [0.05, 0.1) is 13.0 Å². The summed E-state index contributed by atoms with van der Waals surface area (Å²) in [6, 6.07) is -0.147. The summed E-state index contributed by atoms with van der Waals surface area (Å²) in [7, 11) is 0. The highest BCUT2D eigenvalue weighted by Gasteiger charge is 2.59. The fourth-order valence-corrected chi connectivity index (χ4v) is 4.24. The SMILES string of the molecule is N=C(N)[C@@H](C(=O)NCC1CCCNC1)[C@]1(CC(=O)O)NC(=O)CN(C2CC2)C1=O. The third-order valence-electron chi connectivity index (χ3n) is 5.77. The van der Waals surface area contributed by atoms with Gasteiger partial charge in [0, 0.05) is 12.6 Å². The smallest absolute Gasteiger partial charge is 0.306 e. The second kappa shape index (κ2) is 8.36. The summed E-state index contributed by atoms with van der Waals surface area (Å²) in [5.41, 5.74) is 3.57. The van der Waals surface area contributed by atoms with Gasteiger partial charge in [-0.15, -0.1) is 0 Å². The first-order chi connectivity index (χ1) is 13.7. The lowest BCUT2D eigenvalue weighted by molar-refractivity contribution is -0.158. The summed E-state index contributed by atoms with van der Waals surface area (Å²) in [6.45, 7) is 1.77. The minimum absolute atomic E-state index is 0.147. The van der Waals surface area contributed by atoms with Crippen LogP contribution < -0.4 is 21.7 Å². The molecule has 11 heteroatoms. The highest BCUT2D eigenvalue weighted by Crippen LogP contribution is 2.35. The van der Waals surface area contributed by atoms with Crippen molar-refractivity contribution >= 4 is 29.5 Å². The lowest BCUT2D eigenvalue weighted by atomic mass is 9.76. The van der Waals surface area contributed by atoms with Gasteiger partial charge >= 0.3 is 5.97 Å². The molecule has 0 aromatic carbocycles. The third kappa shape index (κ3) is 4.50. The molecule has 0 bridgehead atoms. The minimum atomic E-state index is -2.11. The second-order valence-electron chi connectivity index (χ2n) is 8.10. The second-order valence-corrected chi connectivity index (χ2v) is 8.10. The Morgan fingerprint density at radius 1 is 1.34 bits per heavy atom. The maximum absolute atomic E-state index is 13.3. The van der Waals surface area contributed by atoms with Crippen LogP contribution in [0.2, 0.25) is 0 Å². The van der Waals surface area contributed by atoms with E-state index in [9.17, 15) is 24.3 Å². The number of carbonyl (C=O) groups is 4. The number of carboxylic acids is 1. The van der Waals surface area contributed by atoms with E-state index in [0.29, 0.717) is 19.4 Å². The Labute approximate surface area is 168 Å². The van der Waals surface area contributed by atoms with Crippen LogP contribution in [0, 0.1) is 17.2 Å². The molecule has 0 aromatic rings. The maximum Gasteiger partial charge on any atom is 0.306 e. The molecule has 3 fully saturated rings. The van der Waals surface area contributed by atoms with Crippen LogP contribution >= 0.6 is 0 Å². The van der Waals surface area contributed by atoms with Gasteiger partial charge in [-0.25, -0.2) is 0 Å². The Morgan fingerprint density at radius 3 is 2.62 bits per heavy atom. The van der Waals surface area contributed by atoms with Gasteiger partial charge in [-0.3, -0.25) is 24.6 Å². The zero-order valence-electron chi connectivity index (χ0n) is 16.2. The number of carboxylic acid groups (broad SMARTS) is 1. The number of aliphatic carboxylic acids is 1. The van der Waals surface area contributed by atoms with Gasteiger partial charge in [0.15, 0.2) is 0 Å². The van der Waals surface area contributed by atoms with Gasteiger partial charge in [0.1, 0.15) is 17.3 Å². The van der Waals surface area contributed by atoms with Gasteiger partial charge in [-0.2, -0.15) is 0 Å². The average Bonchev–Trinajstić information content (AvgIpc) is 3.48. The molecule has 0 spiro atoms. The number of nitrogens with two attached hydrogens (primary N) is 1. The van der Waals surface area contributed by atoms with Crippen LogP contribution in [0.25, 0.3) is 0 Å². The van der Waals surface area contributed by atoms with E-state index in [-0.39, 0.29) is 18.5 Å². The number of nitrogens with one attached hydrogen (secondary N) is 4. The minimum Gasteiger partial charge on any atom is -0.481 e. The van der Waals surface area contributed by atoms with Crippen LogP contribution in [0.4, 0.5) is 0 Å². The Bertz CT molecular complexity index is 714. The van der Waals surface area contributed by atoms with Gasteiger partial charge in [0.25, 0.3) is 5.91 Å². The highest BCUT2D eigenvalue weighted by atomic mass is 16.4.